The molecule has 7 nitrogen and oxygen atoms in total. The lowest BCUT2D eigenvalue weighted by Gasteiger charge is -2.36. The van der Waals surface area contributed by atoms with Crippen molar-refractivity contribution in [2.75, 3.05) is 37.6 Å². The van der Waals surface area contributed by atoms with Gasteiger partial charge in [-0.3, -0.25) is 9.88 Å². The van der Waals surface area contributed by atoms with E-state index in [1.54, 1.807) is 6.20 Å². The molecule has 1 aliphatic heterocycles. The number of fused-ring (bicyclic) bond motifs is 1. The largest absolute Gasteiger partial charge is 0.368 e. The van der Waals surface area contributed by atoms with Crippen molar-refractivity contribution < 1.29 is 0 Å². The molecule has 64 heavy (non-hydrogen) atoms. The maximum absolute atomic E-state index is 5.63. The number of aryl methyl sites for hydroxylation is 3. The number of rotatable bonds is 21. The molecule has 2 aliphatic rings. The fourth-order valence-corrected chi connectivity index (χ4v) is 8.70. The number of hydrazine groups is 1. The first kappa shape index (κ1) is 56.2. The van der Waals surface area contributed by atoms with E-state index in [9.17, 15) is 0 Å². The lowest BCUT2D eigenvalue weighted by atomic mass is 9.80. The van der Waals surface area contributed by atoms with E-state index in [1.165, 1.54) is 88.9 Å². The lowest BCUT2D eigenvalue weighted by molar-refractivity contribution is 0.248. The van der Waals surface area contributed by atoms with Crippen LogP contribution in [0.25, 0.3) is 33.5 Å². The molecule has 6 rings (SSSR count). The summed E-state index contributed by atoms with van der Waals surface area (Å²) in [7, 11) is 0. The number of piperazine rings is 1. The third kappa shape index (κ3) is 16.5. The monoisotopic (exact) mass is 878 g/mol. The van der Waals surface area contributed by atoms with Gasteiger partial charge in [-0.25, -0.2) is 10.4 Å². The second-order valence-corrected chi connectivity index (χ2v) is 17.8. The third-order valence-electron chi connectivity index (χ3n) is 12.1. The van der Waals surface area contributed by atoms with Gasteiger partial charge in [0.1, 0.15) is 0 Å². The van der Waals surface area contributed by atoms with Gasteiger partial charge in [-0.15, -0.1) is 6.58 Å². The number of aromatic nitrogens is 3. The first-order valence-electron chi connectivity index (χ1n) is 25.9. The van der Waals surface area contributed by atoms with Crippen molar-refractivity contribution >= 4 is 16.7 Å². The summed E-state index contributed by atoms with van der Waals surface area (Å²) in [5, 5.41) is 0. The van der Waals surface area contributed by atoms with Crippen molar-refractivity contribution in [3.05, 3.63) is 90.4 Å². The molecule has 2 N–H and O–H groups in total. The molecule has 7 heteroatoms. The van der Waals surface area contributed by atoms with Crippen LogP contribution in [-0.2, 0) is 19.4 Å². The van der Waals surface area contributed by atoms with Crippen LogP contribution in [0, 0.1) is 12.3 Å². The number of hydrogen-bond acceptors (Lipinski definition) is 6. The van der Waals surface area contributed by atoms with Crippen LogP contribution >= 0.6 is 0 Å². The SMILES string of the molecule is C=CCCC(C)(C)Cc1c(-c2cc(N3CCN(C4CC4)CC3)cnc2C(C)CC)n(CC)c2ccc(-c3cc(C)cc(CCCCCCNNC=C)c3)nc12.CC.CC.CC.CCC. The molecule has 4 aromatic rings. The third-order valence-corrected chi connectivity index (χ3v) is 12.1. The zero-order valence-corrected chi connectivity index (χ0v) is 43.7. The van der Waals surface area contributed by atoms with E-state index in [0.717, 1.165) is 95.0 Å². The number of anilines is 1. The maximum atomic E-state index is 5.63. The summed E-state index contributed by atoms with van der Waals surface area (Å²) in [4.78, 5) is 16.2. The number of allylic oxidation sites excluding steroid dienone is 1. The van der Waals surface area contributed by atoms with E-state index in [4.69, 9.17) is 9.97 Å². The van der Waals surface area contributed by atoms with Crippen molar-refractivity contribution in [1.82, 2.24) is 30.3 Å². The first-order valence-corrected chi connectivity index (χ1v) is 25.9. The van der Waals surface area contributed by atoms with Crippen LogP contribution < -0.4 is 15.8 Å². The molecule has 3 aromatic heterocycles. The van der Waals surface area contributed by atoms with Gasteiger partial charge < -0.3 is 14.9 Å². The average molecular weight is 878 g/mol. The Labute approximate surface area is 394 Å². The molecule has 0 spiro atoms. The predicted octanol–water partition coefficient (Wildman–Crippen LogP) is 15.3. The van der Waals surface area contributed by atoms with Crippen molar-refractivity contribution in [3.8, 4) is 22.5 Å². The second kappa shape index (κ2) is 30.3. The minimum Gasteiger partial charge on any atom is -0.368 e. The highest BCUT2D eigenvalue weighted by Gasteiger charge is 2.32. The minimum atomic E-state index is 0.0723. The second-order valence-electron chi connectivity index (χ2n) is 17.8. The number of nitrogens with one attached hydrogen (secondary N) is 2. The highest BCUT2D eigenvalue weighted by atomic mass is 15.3. The summed E-state index contributed by atoms with van der Waals surface area (Å²) in [5.74, 6) is 0.348. The molecular formula is C57H95N7. The van der Waals surface area contributed by atoms with Crippen LogP contribution in [-0.4, -0.2) is 58.2 Å². The molecule has 0 radical (unpaired) electrons. The molecule has 1 saturated carbocycles. The zero-order chi connectivity index (χ0) is 47.7. The molecule has 1 saturated heterocycles. The Morgan fingerprint density at radius 3 is 2.16 bits per heavy atom. The van der Waals surface area contributed by atoms with E-state index in [-0.39, 0.29) is 5.41 Å². The predicted molar refractivity (Wildman–Crippen MR) is 285 cm³/mol. The molecule has 1 aliphatic carbocycles. The minimum absolute atomic E-state index is 0.0723. The van der Waals surface area contributed by atoms with Crippen molar-refractivity contribution in [2.45, 2.75) is 192 Å². The Hall–Kier alpha value is -3.94. The normalized spacial score (nSPS) is 14.1. The highest BCUT2D eigenvalue weighted by Crippen LogP contribution is 2.43. The molecular weight excluding hydrogens is 783 g/mol. The van der Waals surface area contributed by atoms with E-state index < -0.39 is 0 Å². The summed E-state index contributed by atoms with van der Waals surface area (Å²) in [6, 6.07) is 15.0. The van der Waals surface area contributed by atoms with Crippen LogP contribution in [0.5, 0.6) is 0 Å². The zero-order valence-electron chi connectivity index (χ0n) is 43.7. The number of benzene rings is 1. The van der Waals surface area contributed by atoms with Crippen molar-refractivity contribution in [3.63, 3.8) is 0 Å². The van der Waals surface area contributed by atoms with Gasteiger partial charge in [-0.2, -0.15) is 0 Å². The van der Waals surface area contributed by atoms with Gasteiger partial charge >= 0.3 is 0 Å². The number of nitrogens with zero attached hydrogens (tertiary/aromatic N) is 5. The number of hydrogen-bond donors (Lipinski definition) is 2. The van der Waals surface area contributed by atoms with Gasteiger partial charge in [-0.1, -0.05) is 127 Å². The van der Waals surface area contributed by atoms with Gasteiger partial charge in [0.25, 0.3) is 0 Å². The van der Waals surface area contributed by atoms with Crippen LogP contribution in [0.15, 0.2) is 68.0 Å². The van der Waals surface area contributed by atoms with Crippen molar-refractivity contribution in [2.24, 2.45) is 5.41 Å². The smallest absolute Gasteiger partial charge is 0.0927 e. The summed E-state index contributed by atoms with van der Waals surface area (Å²) in [6.07, 6.45) is 19.9. The fourth-order valence-electron chi connectivity index (χ4n) is 8.70. The summed E-state index contributed by atoms with van der Waals surface area (Å²) >= 11 is 0. The molecule has 0 bridgehead atoms. The molecule has 2 fully saturated rings. The fraction of sp³-hybridized carbons (Fsp3) is 0.614. The Morgan fingerprint density at radius 2 is 1.55 bits per heavy atom. The van der Waals surface area contributed by atoms with Gasteiger partial charge in [-0.05, 0) is 119 Å². The van der Waals surface area contributed by atoms with Crippen LogP contribution in [0.3, 0.4) is 0 Å². The Bertz CT molecular complexity index is 1910. The van der Waals surface area contributed by atoms with Crippen molar-refractivity contribution in [1.29, 1.82) is 0 Å². The summed E-state index contributed by atoms with van der Waals surface area (Å²) < 4.78 is 2.55. The summed E-state index contributed by atoms with van der Waals surface area (Å²) in [5.41, 5.74) is 20.0. The van der Waals surface area contributed by atoms with E-state index in [0.29, 0.717) is 5.92 Å². The lowest BCUT2D eigenvalue weighted by Crippen LogP contribution is -2.47. The Balaban J connectivity index is 0.00000146. The standard InChI is InChI=1S/C48H69N7.C3H8.3C2H6/c1-9-13-23-48(7,8)33-42-46-44(22-21-43(52-46)38-30-35(5)29-37(31-38)18-16-14-15-17-24-51-50-11-3)55(12-4)47(42)41-32-40(34-49-45(41)36(6)10-2)54-27-25-53(26-28-54)39-19-20-39;1-3-2;3*1-2/h9,11,21-22,29-32,34,36,39,50-51H,1,3,10,12-20,23-28,33H2,2,4-8H3;3H2,1-2H3;3*1-2H3. The van der Waals surface area contributed by atoms with Gasteiger partial charge in [0.2, 0.25) is 0 Å². The van der Waals surface area contributed by atoms with Crippen LogP contribution in [0.1, 0.15) is 183 Å². The highest BCUT2D eigenvalue weighted by molar-refractivity contribution is 5.92. The molecule has 1 aromatic carbocycles. The van der Waals surface area contributed by atoms with E-state index in [1.807, 2.05) is 41.5 Å². The van der Waals surface area contributed by atoms with E-state index >= 15 is 0 Å². The Morgan fingerprint density at radius 1 is 0.875 bits per heavy atom. The van der Waals surface area contributed by atoms with Crippen LogP contribution in [0.4, 0.5) is 5.69 Å². The molecule has 358 valence electrons. The maximum Gasteiger partial charge on any atom is 0.0927 e. The van der Waals surface area contributed by atoms with Gasteiger partial charge in [0, 0.05) is 68.2 Å². The topological polar surface area (TPSA) is 61.2 Å². The van der Waals surface area contributed by atoms with E-state index in [2.05, 4.69) is 142 Å². The van der Waals surface area contributed by atoms with Gasteiger partial charge in [0.15, 0.2) is 0 Å². The quantitative estimate of drug-likeness (QED) is 0.0494. The van der Waals surface area contributed by atoms with Crippen LogP contribution in [0.2, 0.25) is 0 Å². The van der Waals surface area contributed by atoms with Gasteiger partial charge in [0.05, 0.1) is 40.0 Å². The first-order chi connectivity index (χ1) is 31.1. The number of pyridine rings is 2. The molecule has 1 atom stereocenters. The number of unbranched alkanes of at least 4 members (excludes halogenated alkanes) is 3. The Kier molecular flexibility index (Phi) is 26.6. The molecule has 1 unspecified atom stereocenters. The average Bonchev–Trinajstić information content (AvgIpc) is 4.14. The molecule has 4 heterocycles. The summed E-state index contributed by atoms with van der Waals surface area (Å²) in [6.45, 7) is 44.3. The molecule has 0 amide bonds.